The van der Waals surface area contributed by atoms with Gasteiger partial charge in [-0.1, -0.05) is 13.0 Å². The van der Waals surface area contributed by atoms with Crippen LogP contribution >= 0.6 is 0 Å². The monoisotopic (exact) mass is 611 g/mol. The SMILES string of the molecule is C/C=C\N=C(Nc1ccc(C(=O)NCC(O)CNC(=O)CCCN)c(CC)c1)C(C)=N/C=C(\C)c1ccc(NC)c(F)c1F. The summed E-state index contributed by atoms with van der Waals surface area (Å²) >= 11 is 0. The van der Waals surface area contributed by atoms with Gasteiger partial charge in [-0.05, 0) is 81.6 Å². The van der Waals surface area contributed by atoms with Gasteiger partial charge < -0.3 is 32.1 Å². The first kappa shape index (κ1) is 35.8. The number of aliphatic hydroxyl groups excluding tert-OH is 1. The van der Waals surface area contributed by atoms with Crippen molar-refractivity contribution in [3.05, 3.63) is 77.1 Å². The number of amides is 2. The Hall–Kier alpha value is -4.42. The van der Waals surface area contributed by atoms with Crippen molar-refractivity contribution < 1.29 is 23.5 Å². The Morgan fingerprint density at radius 3 is 2.41 bits per heavy atom. The highest BCUT2D eigenvalue weighted by atomic mass is 19.2. The Morgan fingerprint density at radius 1 is 1.05 bits per heavy atom. The molecule has 0 radical (unpaired) electrons. The lowest BCUT2D eigenvalue weighted by atomic mass is 10.0. The van der Waals surface area contributed by atoms with Crippen molar-refractivity contribution in [2.24, 2.45) is 15.7 Å². The van der Waals surface area contributed by atoms with Gasteiger partial charge in [0.15, 0.2) is 17.5 Å². The van der Waals surface area contributed by atoms with Gasteiger partial charge in [-0.25, -0.2) is 13.8 Å². The van der Waals surface area contributed by atoms with Crippen LogP contribution in [0.15, 0.2) is 58.8 Å². The minimum Gasteiger partial charge on any atom is -0.389 e. The van der Waals surface area contributed by atoms with Crippen LogP contribution in [0.3, 0.4) is 0 Å². The van der Waals surface area contributed by atoms with Crippen LogP contribution in [0.25, 0.3) is 5.57 Å². The lowest BCUT2D eigenvalue weighted by Gasteiger charge is -2.15. The first-order chi connectivity index (χ1) is 21.1. The molecule has 0 aliphatic carbocycles. The minimum atomic E-state index is -0.963. The molecule has 1 unspecified atom stereocenters. The third kappa shape index (κ3) is 10.7. The number of nitrogens with zero attached hydrogens (tertiary/aromatic N) is 2. The van der Waals surface area contributed by atoms with Crippen LogP contribution in [-0.4, -0.2) is 61.3 Å². The first-order valence-electron chi connectivity index (χ1n) is 14.5. The van der Waals surface area contributed by atoms with Crippen LogP contribution in [0, 0.1) is 11.6 Å². The van der Waals surface area contributed by atoms with Gasteiger partial charge in [0.2, 0.25) is 5.91 Å². The molecule has 2 aromatic carbocycles. The number of nitrogens with one attached hydrogen (secondary N) is 4. The molecule has 44 heavy (non-hydrogen) atoms. The van der Waals surface area contributed by atoms with E-state index in [4.69, 9.17) is 5.73 Å². The van der Waals surface area contributed by atoms with Crippen LogP contribution in [0.1, 0.15) is 62.0 Å². The number of aliphatic imine (C=N–C) groups is 2. The van der Waals surface area contributed by atoms with E-state index in [1.807, 2.05) is 19.9 Å². The zero-order valence-corrected chi connectivity index (χ0v) is 25.9. The number of allylic oxidation sites excluding steroid dienone is 2. The van der Waals surface area contributed by atoms with E-state index in [2.05, 4.69) is 31.3 Å². The smallest absolute Gasteiger partial charge is 0.251 e. The molecule has 2 amide bonds. The van der Waals surface area contributed by atoms with Crippen molar-refractivity contribution in [1.82, 2.24) is 10.6 Å². The zero-order chi connectivity index (χ0) is 32.6. The number of hydrogen-bond acceptors (Lipinski definition) is 7. The summed E-state index contributed by atoms with van der Waals surface area (Å²) in [5.74, 6) is -2.06. The molecule has 10 nitrogen and oxygen atoms in total. The quantitative estimate of drug-likeness (QED) is 0.130. The second kappa shape index (κ2) is 18.3. The number of rotatable bonds is 15. The topological polar surface area (TPSA) is 153 Å². The van der Waals surface area contributed by atoms with Gasteiger partial charge in [-0.15, -0.1) is 0 Å². The first-order valence-corrected chi connectivity index (χ1v) is 14.5. The molecule has 0 saturated carbocycles. The molecule has 0 aromatic heterocycles. The van der Waals surface area contributed by atoms with Crippen molar-refractivity contribution in [3.63, 3.8) is 0 Å². The lowest BCUT2D eigenvalue weighted by molar-refractivity contribution is -0.121. The van der Waals surface area contributed by atoms with Crippen LogP contribution in [0.4, 0.5) is 20.2 Å². The molecule has 0 bridgehead atoms. The fourth-order valence-electron chi connectivity index (χ4n) is 4.02. The third-order valence-corrected chi connectivity index (χ3v) is 6.56. The maximum Gasteiger partial charge on any atom is 0.251 e. The van der Waals surface area contributed by atoms with Crippen LogP contribution < -0.4 is 27.0 Å². The number of benzene rings is 2. The molecule has 0 aliphatic rings. The minimum absolute atomic E-state index is 0.0194. The second-order valence-corrected chi connectivity index (χ2v) is 9.94. The summed E-state index contributed by atoms with van der Waals surface area (Å²) in [6.07, 6.45) is 5.25. The van der Waals surface area contributed by atoms with Crippen molar-refractivity contribution >= 4 is 40.3 Å². The van der Waals surface area contributed by atoms with Gasteiger partial charge in [-0.2, -0.15) is 0 Å². The molecule has 0 saturated heterocycles. The number of halogens is 2. The Bertz CT molecular complexity index is 1420. The fraction of sp³-hybridized carbons (Fsp3) is 0.375. The predicted octanol–water partition coefficient (Wildman–Crippen LogP) is 4.38. The van der Waals surface area contributed by atoms with Crippen LogP contribution in [0.2, 0.25) is 0 Å². The predicted molar refractivity (Wildman–Crippen MR) is 174 cm³/mol. The number of carbonyl (C=O) groups is 2. The van der Waals surface area contributed by atoms with Gasteiger partial charge in [0.25, 0.3) is 5.91 Å². The van der Waals surface area contributed by atoms with Crippen molar-refractivity contribution in [2.45, 2.75) is 53.1 Å². The summed E-state index contributed by atoms with van der Waals surface area (Å²) in [6.45, 7) is 7.51. The average Bonchev–Trinajstić information content (AvgIpc) is 3.03. The fourth-order valence-corrected chi connectivity index (χ4v) is 4.02. The molecule has 0 heterocycles. The largest absolute Gasteiger partial charge is 0.389 e. The highest BCUT2D eigenvalue weighted by Crippen LogP contribution is 2.25. The maximum atomic E-state index is 14.6. The number of amidine groups is 1. The van der Waals surface area contributed by atoms with E-state index < -0.39 is 17.7 Å². The summed E-state index contributed by atoms with van der Waals surface area (Å²) in [7, 11) is 1.52. The van der Waals surface area contributed by atoms with Gasteiger partial charge >= 0.3 is 0 Å². The second-order valence-electron chi connectivity index (χ2n) is 9.94. The van der Waals surface area contributed by atoms with E-state index in [-0.39, 0.29) is 42.6 Å². The summed E-state index contributed by atoms with van der Waals surface area (Å²) in [4.78, 5) is 33.5. The maximum absolute atomic E-state index is 14.6. The number of aliphatic hydroxyl groups is 1. The number of anilines is 2. The molecule has 2 aromatic rings. The van der Waals surface area contributed by atoms with E-state index in [1.165, 1.54) is 25.4 Å². The Morgan fingerprint density at radius 2 is 1.75 bits per heavy atom. The summed E-state index contributed by atoms with van der Waals surface area (Å²) in [5.41, 5.74) is 8.34. The Balaban J connectivity index is 2.17. The highest BCUT2D eigenvalue weighted by molar-refractivity contribution is 6.45. The van der Waals surface area contributed by atoms with E-state index >= 15 is 0 Å². The van der Waals surface area contributed by atoms with Crippen molar-refractivity contribution in [1.29, 1.82) is 0 Å². The molecule has 238 valence electrons. The number of nitrogens with two attached hydrogens (primary N) is 1. The van der Waals surface area contributed by atoms with Crippen LogP contribution in [-0.2, 0) is 11.2 Å². The molecular formula is C32H43F2N7O3. The molecule has 12 heteroatoms. The van der Waals surface area contributed by atoms with E-state index in [9.17, 15) is 23.5 Å². The standard InChI is InChI=1S/C32H43F2N7O3/c1-6-15-37-31(21(4)38-17-20(3)25-12-13-27(36-5)30(34)29(25)33)41-23-10-11-26(22(7-2)16-23)32(44)40-19-24(42)18-39-28(43)9-8-14-35/h6,10-13,15-17,24,36,42H,7-9,14,18-19,35H2,1-5H3,(H,37,41)(H,39,43)(H,40,44)/b15-6-,20-17+,38-21?. The zero-order valence-electron chi connectivity index (χ0n) is 25.9. The van der Waals surface area contributed by atoms with Crippen LogP contribution in [0.5, 0.6) is 0 Å². The highest BCUT2D eigenvalue weighted by Gasteiger charge is 2.16. The molecule has 1 atom stereocenters. The van der Waals surface area contributed by atoms with Gasteiger partial charge in [0.1, 0.15) is 0 Å². The van der Waals surface area contributed by atoms with Gasteiger partial charge in [0.05, 0.1) is 17.5 Å². The molecule has 0 aliphatic heterocycles. The average molecular weight is 612 g/mol. The normalized spacial score (nSPS) is 13.2. The number of carbonyl (C=O) groups excluding carboxylic acids is 2. The molecule has 7 N–H and O–H groups in total. The lowest BCUT2D eigenvalue weighted by Crippen LogP contribution is -2.40. The summed E-state index contributed by atoms with van der Waals surface area (Å²) in [5, 5.41) is 21.3. The van der Waals surface area contributed by atoms with E-state index in [0.29, 0.717) is 47.8 Å². The number of hydrogen-bond donors (Lipinski definition) is 6. The summed E-state index contributed by atoms with van der Waals surface area (Å²) in [6, 6.07) is 8.17. The summed E-state index contributed by atoms with van der Waals surface area (Å²) < 4.78 is 28.8. The Kier molecular flexibility index (Phi) is 14.9. The van der Waals surface area contributed by atoms with E-state index in [1.54, 1.807) is 38.3 Å². The van der Waals surface area contributed by atoms with E-state index in [0.717, 1.165) is 5.56 Å². The number of aryl methyl sites for hydroxylation is 1. The van der Waals surface area contributed by atoms with Gasteiger partial charge in [-0.3, -0.25) is 14.6 Å². The third-order valence-electron chi connectivity index (χ3n) is 6.56. The molecule has 2 rings (SSSR count). The molecule has 0 fully saturated rings. The van der Waals surface area contributed by atoms with Crippen molar-refractivity contribution in [2.75, 3.05) is 37.3 Å². The van der Waals surface area contributed by atoms with Gasteiger partial charge in [0, 0.05) is 55.8 Å². The molecular weight excluding hydrogens is 568 g/mol. The van der Waals surface area contributed by atoms with Crippen molar-refractivity contribution in [3.8, 4) is 0 Å². The Labute approximate surface area is 257 Å². The molecule has 0 spiro atoms.